The van der Waals surface area contributed by atoms with Crippen molar-refractivity contribution in [2.45, 2.75) is 24.8 Å². The first kappa shape index (κ1) is 21.8. The van der Waals surface area contributed by atoms with Crippen molar-refractivity contribution in [2.24, 2.45) is 0 Å². The predicted molar refractivity (Wildman–Crippen MR) is 130 cm³/mol. The van der Waals surface area contributed by atoms with Gasteiger partial charge in [0.2, 0.25) is 11.7 Å². The van der Waals surface area contributed by atoms with Gasteiger partial charge in [-0.1, -0.05) is 41.2 Å². The fourth-order valence-electron chi connectivity index (χ4n) is 3.52. The number of hydrogen-bond donors (Lipinski definition) is 0. The second kappa shape index (κ2) is 9.88. The molecule has 5 rings (SSSR count). The highest BCUT2D eigenvalue weighted by Crippen LogP contribution is 2.30. The molecule has 0 saturated carbocycles. The summed E-state index contributed by atoms with van der Waals surface area (Å²) in [4.78, 5) is 8.69. The lowest BCUT2D eigenvalue weighted by Gasteiger charge is -2.11. The van der Waals surface area contributed by atoms with E-state index in [0.717, 1.165) is 34.0 Å². The molecule has 0 bridgehead atoms. The van der Waals surface area contributed by atoms with Crippen LogP contribution in [0.3, 0.4) is 0 Å². The van der Waals surface area contributed by atoms with Crippen molar-refractivity contribution in [1.82, 2.24) is 29.9 Å². The van der Waals surface area contributed by atoms with E-state index < -0.39 is 0 Å². The first-order valence-corrected chi connectivity index (χ1v) is 11.8. The van der Waals surface area contributed by atoms with Gasteiger partial charge in [-0.2, -0.15) is 4.98 Å². The molecule has 0 spiro atoms. The summed E-state index contributed by atoms with van der Waals surface area (Å²) in [6.45, 7) is 4.61. The van der Waals surface area contributed by atoms with E-state index in [2.05, 4.69) is 25.3 Å². The van der Waals surface area contributed by atoms with Crippen LogP contribution in [0.15, 0.2) is 82.7 Å². The van der Waals surface area contributed by atoms with Crippen molar-refractivity contribution in [3.63, 3.8) is 0 Å². The quantitative estimate of drug-likeness (QED) is 0.279. The molecule has 0 aliphatic rings. The van der Waals surface area contributed by atoms with E-state index in [4.69, 9.17) is 9.26 Å². The number of ether oxygens (including phenoxy) is 1. The molecular formula is C25H22N6O2S. The van der Waals surface area contributed by atoms with Gasteiger partial charge in [0.1, 0.15) is 5.75 Å². The van der Waals surface area contributed by atoms with E-state index in [1.807, 2.05) is 79.1 Å². The monoisotopic (exact) mass is 470 g/mol. The van der Waals surface area contributed by atoms with Crippen molar-refractivity contribution < 1.29 is 9.26 Å². The summed E-state index contributed by atoms with van der Waals surface area (Å²) in [5.74, 6) is 3.10. The Morgan fingerprint density at radius 1 is 0.971 bits per heavy atom. The van der Waals surface area contributed by atoms with Crippen LogP contribution in [0.2, 0.25) is 0 Å². The van der Waals surface area contributed by atoms with E-state index in [0.29, 0.717) is 29.2 Å². The molecule has 0 fully saturated rings. The minimum absolute atomic E-state index is 0.463. The molecule has 0 amide bonds. The maximum Gasteiger partial charge on any atom is 0.237 e. The van der Waals surface area contributed by atoms with Crippen LogP contribution in [-0.2, 0) is 5.75 Å². The molecule has 34 heavy (non-hydrogen) atoms. The topological polar surface area (TPSA) is 91.8 Å². The third kappa shape index (κ3) is 4.55. The molecule has 0 aliphatic carbocycles. The van der Waals surface area contributed by atoms with E-state index in [1.165, 1.54) is 11.8 Å². The Balaban J connectivity index is 1.44. The molecule has 0 atom stereocenters. The normalized spacial score (nSPS) is 11.0. The Bertz CT molecular complexity index is 1380. The van der Waals surface area contributed by atoms with Crippen LogP contribution in [0.5, 0.6) is 5.75 Å². The summed E-state index contributed by atoms with van der Waals surface area (Å²) >= 11 is 1.48. The Hall–Kier alpha value is -3.98. The second-order valence-corrected chi connectivity index (χ2v) is 8.36. The SMILES string of the molecule is CCOc1ccc(-n2c(SCc3nc(-c4ccccc4C)no3)nnc2-c2ccncc2)cc1. The van der Waals surface area contributed by atoms with Crippen LogP contribution >= 0.6 is 11.8 Å². The summed E-state index contributed by atoms with van der Waals surface area (Å²) in [5.41, 5.74) is 3.90. The number of pyridine rings is 1. The number of hydrogen-bond acceptors (Lipinski definition) is 8. The average molecular weight is 471 g/mol. The van der Waals surface area contributed by atoms with Gasteiger partial charge < -0.3 is 9.26 Å². The largest absolute Gasteiger partial charge is 0.494 e. The molecule has 3 heterocycles. The van der Waals surface area contributed by atoms with Crippen LogP contribution in [0.25, 0.3) is 28.5 Å². The lowest BCUT2D eigenvalue weighted by atomic mass is 10.1. The Morgan fingerprint density at radius 2 is 1.76 bits per heavy atom. The molecule has 0 aliphatic heterocycles. The molecular weight excluding hydrogens is 448 g/mol. The third-order valence-electron chi connectivity index (χ3n) is 5.16. The highest BCUT2D eigenvalue weighted by atomic mass is 32.2. The highest BCUT2D eigenvalue weighted by molar-refractivity contribution is 7.98. The number of benzene rings is 2. The van der Waals surface area contributed by atoms with Crippen molar-refractivity contribution in [3.8, 4) is 34.2 Å². The summed E-state index contributed by atoms with van der Waals surface area (Å²) < 4.78 is 13.1. The van der Waals surface area contributed by atoms with Gasteiger partial charge in [-0.15, -0.1) is 10.2 Å². The summed E-state index contributed by atoms with van der Waals surface area (Å²) in [7, 11) is 0. The van der Waals surface area contributed by atoms with Gasteiger partial charge in [-0.25, -0.2) is 0 Å². The number of aromatic nitrogens is 6. The maximum absolute atomic E-state index is 5.59. The predicted octanol–water partition coefficient (Wildman–Crippen LogP) is 5.38. The molecule has 2 aromatic carbocycles. The van der Waals surface area contributed by atoms with Crippen molar-refractivity contribution in [2.75, 3.05) is 6.61 Å². The van der Waals surface area contributed by atoms with Crippen LogP contribution in [0, 0.1) is 6.92 Å². The molecule has 170 valence electrons. The van der Waals surface area contributed by atoms with Crippen LogP contribution in [0.1, 0.15) is 18.4 Å². The van der Waals surface area contributed by atoms with Crippen LogP contribution < -0.4 is 4.74 Å². The van der Waals surface area contributed by atoms with E-state index in [9.17, 15) is 0 Å². The zero-order valence-corrected chi connectivity index (χ0v) is 19.6. The fourth-order valence-corrected chi connectivity index (χ4v) is 4.30. The molecule has 3 aromatic heterocycles. The first-order valence-electron chi connectivity index (χ1n) is 10.8. The Labute approximate surface area is 201 Å². The minimum Gasteiger partial charge on any atom is -0.494 e. The number of thioether (sulfide) groups is 1. The summed E-state index contributed by atoms with van der Waals surface area (Å²) in [6, 6.07) is 19.7. The van der Waals surface area contributed by atoms with E-state index >= 15 is 0 Å². The summed E-state index contributed by atoms with van der Waals surface area (Å²) in [5, 5.41) is 13.8. The lowest BCUT2D eigenvalue weighted by molar-refractivity contribution is 0.340. The van der Waals surface area contributed by atoms with Crippen molar-refractivity contribution in [1.29, 1.82) is 0 Å². The smallest absolute Gasteiger partial charge is 0.237 e. The van der Waals surface area contributed by atoms with Gasteiger partial charge in [0.15, 0.2) is 11.0 Å². The molecule has 0 saturated heterocycles. The number of rotatable bonds is 8. The molecule has 8 nitrogen and oxygen atoms in total. The molecule has 0 radical (unpaired) electrons. The molecule has 5 aromatic rings. The van der Waals surface area contributed by atoms with Gasteiger partial charge in [0, 0.05) is 29.2 Å². The van der Waals surface area contributed by atoms with Crippen LogP contribution in [-0.4, -0.2) is 36.5 Å². The molecule has 0 N–H and O–H groups in total. The number of aryl methyl sites for hydroxylation is 1. The highest BCUT2D eigenvalue weighted by Gasteiger charge is 2.18. The average Bonchev–Trinajstić information content (AvgIpc) is 3.52. The second-order valence-electron chi connectivity index (χ2n) is 7.42. The van der Waals surface area contributed by atoms with Gasteiger partial charge in [-0.05, 0) is 55.8 Å². The van der Waals surface area contributed by atoms with Crippen LogP contribution in [0.4, 0.5) is 0 Å². The zero-order chi connectivity index (χ0) is 23.3. The van der Waals surface area contributed by atoms with Gasteiger partial charge in [0.25, 0.3) is 0 Å². The third-order valence-corrected chi connectivity index (χ3v) is 6.07. The summed E-state index contributed by atoms with van der Waals surface area (Å²) in [6.07, 6.45) is 3.48. The van der Waals surface area contributed by atoms with E-state index in [1.54, 1.807) is 12.4 Å². The Morgan fingerprint density at radius 3 is 2.53 bits per heavy atom. The molecule has 9 heteroatoms. The van der Waals surface area contributed by atoms with Gasteiger partial charge >= 0.3 is 0 Å². The lowest BCUT2D eigenvalue weighted by Crippen LogP contribution is -2.00. The van der Waals surface area contributed by atoms with Gasteiger partial charge in [0.05, 0.1) is 12.4 Å². The Kier molecular flexibility index (Phi) is 6.35. The minimum atomic E-state index is 0.463. The van der Waals surface area contributed by atoms with E-state index in [-0.39, 0.29) is 0 Å². The zero-order valence-electron chi connectivity index (χ0n) is 18.8. The van der Waals surface area contributed by atoms with Crippen molar-refractivity contribution in [3.05, 3.63) is 84.5 Å². The van der Waals surface area contributed by atoms with Gasteiger partial charge in [-0.3, -0.25) is 9.55 Å². The van der Waals surface area contributed by atoms with Crippen molar-refractivity contribution >= 4 is 11.8 Å². The molecule has 0 unspecified atom stereocenters. The fraction of sp³-hybridized carbons (Fsp3) is 0.160. The first-order chi connectivity index (χ1) is 16.7. The standard InChI is InChI=1S/C25H22N6O2S/c1-3-32-20-10-8-19(9-11-20)31-24(18-12-14-26-15-13-18)28-29-25(31)34-16-22-27-23(30-33-22)21-7-5-4-6-17(21)2/h4-15H,3,16H2,1-2H3. The number of nitrogens with zero attached hydrogens (tertiary/aromatic N) is 6. The maximum atomic E-state index is 5.59.